The minimum atomic E-state index is -0.925. The van der Waals surface area contributed by atoms with Crippen LogP contribution in [0.1, 0.15) is 62.5 Å². The molecule has 34 heavy (non-hydrogen) atoms. The third-order valence-electron chi connectivity index (χ3n) is 6.97. The number of amides is 2. The van der Waals surface area contributed by atoms with E-state index < -0.39 is 12.1 Å². The highest BCUT2D eigenvalue weighted by atomic mass is 16.5. The summed E-state index contributed by atoms with van der Waals surface area (Å²) in [5.41, 5.74) is 4.69. The van der Waals surface area contributed by atoms with Gasteiger partial charge in [0.15, 0.2) is 0 Å². The molecule has 2 amide bonds. The van der Waals surface area contributed by atoms with Crippen LogP contribution in [0.25, 0.3) is 11.1 Å². The van der Waals surface area contributed by atoms with Crippen LogP contribution in [0.5, 0.6) is 0 Å². The third-order valence-corrected chi connectivity index (χ3v) is 6.97. The van der Waals surface area contributed by atoms with Crippen LogP contribution in [0.15, 0.2) is 48.5 Å². The number of carbonyl (C=O) groups excluding carboxylic acids is 2. The van der Waals surface area contributed by atoms with Crippen molar-refractivity contribution in [1.82, 2.24) is 10.6 Å². The Balaban J connectivity index is 1.31. The van der Waals surface area contributed by atoms with Gasteiger partial charge in [-0.15, -0.1) is 0 Å². The summed E-state index contributed by atoms with van der Waals surface area (Å²) in [5, 5.41) is 14.8. The molecule has 3 atom stereocenters. The molecule has 1 saturated carbocycles. The number of alkyl carbamates (subject to hydrolysis) is 1. The number of fused-ring (bicyclic) bond motifs is 3. The molecular formula is C27H32N2O5. The van der Waals surface area contributed by atoms with Gasteiger partial charge in [-0.1, -0.05) is 61.9 Å². The molecule has 2 aromatic carbocycles. The largest absolute Gasteiger partial charge is 0.481 e. The van der Waals surface area contributed by atoms with Crippen molar-refractivity contribution in [1.29, 1.82) is 0 Å². The van der Waals surface area contributed by atoms with Gasteiger partial charge in [0, 0.05) is 23.9 Å². The number of aliphatic carboxylic acids is 1. The van der Waals surface area contributed by atoms with E-state index in [1.54, 1.807) is 0 Å². The van der Waals surface area contributed by atoms with Crippen molar-refractivity contribution in [2.75, 3.05) is 6.61 Å². The first-order valence-corrected chi connectivity index (χ1v) is 12.1. The highest BCUT2D eigenvalue weighted by Crippen LogP contribution is 2.44. The van der Waals surface area contributed by atoms with E-state index in [-0.39, 0.29) is 42.9 Å². The van der Waals surface area contributed by atoms with Crippen molar-refractivity contribution >= 4 is 18.0 Å². The molecule has 0 unspecified atom stereocenters. The van der Waals surface area contributed by atoms with Gasteiger partial charge in [-0.3, -0.25) is 9.59 Å². The summed E-state index contributed by atoms with van der Waals surface area (Å²) in [6, 6.07) is 15.9. The Morgan fingerprint density at radius 2 is 1.68 bits per heavy atom. The van der Waals surface area contributed by atoms with Gasteiger partial charge >= 0.3 is 12.1 Å². The third kappa shape index (κ3) is 5.41. The molecule has 0 saturated heterocycles. The smallest absolute Gasteiger partial charge is 0.407 e. The van der Waals surface area contributed by atoms with Gasteiger partial charge in [0.1, 0.15) is 6.61 Å². The average Bonchev–Trinajstić information content (AvgIpc) is 3.16. The van der Waals surface area contributed by atoms with Crippen LogP contribution in [0.2, 0.25) is 0 Å². The van der Waals surface area contributed by atoms with Gasteiger partial charge < -0.3 is 20.5 Å². The Hall–Kier alpha value is -3.35. The second-order valence-electron chi connectivity index (χ2n) is 9.24. The Kier molecular flexibility index (Phi) is 7.50. The molecule has 7 nitrogen and oxygen atoms in total. The minimum absolute atomic E-state index is 0.00300. The summed E-state index contributed by atoms with van der Waals surface area (Å²) in [6.07, 6.45) is 2.88. The number of ether oxygens (including phenoxy) is 1. The molecule has 180 valence electrons. The van der Waals surface area contributed by atoms with E-state index in [0.29, 0.717) is 12.8 Å². The number of nitrogens with one attached hydrogen (secondary N) is 2. The van der Waals surface area contributed by atoms with E-state index in [2.05, 4.69) is 34.9 Å². The van der Waals surface area contributed by atoms with Crippen molar-refractivity contribution in [2.45, 2.75) is 63.5 Å². The standard InChI is InChI=1S/C27H32N2O5/c1-2-18(15-25(30)31)28-26(32)17-8-7-9-19(14-17)29-27(33)34-16-24-22-12-5-3-10-20(22)21-11-4-6-13-23(21)24/h3-6,10-13,17-19,24H,2,7-9,14-16H2,1H3,(H,28,32)(H,29,33)(H,30,31)/t17-,18-,19+/m0/s1. The Labute approximate surface area is 199 Å². The Morgan fingerprint density at radius 3 is 2.29 bits per heavy atom. The fourth-order valence-corrected chi connectivity index (χ4v) is 5.19. The van der Waals surface area contributed by atoms with Crippen LogP contribution in [0.3, 0.4) is 0 Å². The van der Waals surface area contributed by atoms with Crippen molar-refractivity contribution in [3.63, 3.8) is 0 Å². The SMILES string of the molecule is CC[C@@H](CC(=O)O)NC(=O)[C@H]1CCC[C@@H](NC(=O)OCC2c3ccccc3-c3ccccc32)C1. The van der Waals surface area contributed by atoms with E-state index in [0.717, 1.165) is 30.4 Å². The number of carboxylic acid groups (broad SMARTS) is 1. The van der Waals surface area contributed by atoms with E-state index in [9.17, 15) is 14.4 Å². The highest BCUT2D eigenvalue weighted by molar-refractivity contribution is 5.80. The van der Waals surface area contributed by atoms with Gasteiger partial charge in [-0.2, -0.15) is 0 Å². The van der Waals surface area contributed by atoms with Crippen molar-refractivity contribution < 1.29 is 24.2 Å². The summed E-state index contributed by atoms with van der Waals surface area (Å²) in [5.74, 6) is -1.29. The first-order valence-electron chi connectivity index (χ1n) is 12.1. The van der Waals surface area contributed by atoms with Crippen LogP contribution in [0.4, 0.5) is 4.79 Å². The molecule has 2 aromatic rings. The fraction of sp³-hybridized carbons (Fsp3) is 0.444. The average molecular weight is 465 g/mol. The molecule has 0 aromatic heterocycles. The zero-order chi connectivity index (χ0) is 24.1. The number of carboxylic acids is 1. The lowest BCUT2D eigenvalue weighted by atomic mass is 9.85. The second kappa shape index (κ2) is 10.7. The van der Waals surface area contributed by atoms with Crippen LogP contribution in [-0.4, -0.2) is 41.8 Å². The van der Waals surface area contributed by atoms with Crippen molar-refractivity contribution in [3.05, 3.63) is 59.7 Å². The zero-order valence-corrected chi connectivity index (χ0v) is 19.5. The lowest BCUT2D eigenvalue weighted by Crippen LogP contribution is -2.45. The predicted molar refractivity (Wildman–Crippen MR) is 128 cm³/mol. The topological polar surface area (TPSA) is 105 Å². The molecule has 1 fully saturated rings. The second-order valence-corrected chi connectivity index (χ2v) is 9.24. The molecule has 0 heterocycles. The van der Waals surface area contributed by atoms with Crippen molar-refractivity contribution in [2.24, 2.45) is 5.92 Å². The number of carbonyl (C=O) groups is 3. The van der Waals surface area contributed by atoms with E-state index in [4.69, 9.17) is 9.84 Å². The Morgan fingerprint density at radius 1 is 1.03 bits per heavy atom. The summed E-state index contributed by atoms with van der Waals surface area (Å²) >= 11 is 0. The monoisotopic (exact) mass is 464 g/mol. The lowest BCUT2D eigenvalue weighted by Gasteiger charge is -2.30. The van der Waals surface area contributed by atoms with Crippen LogP contribution in [0, 0.1) is 5.92 Å². The summed E-state index contributed by atoms with van der Waals surface area (Å²) < 4.78 is 5.65. The number of rotatable bonds is 8. The molecular weight excluding hydrogens is 432 g/mol. The highest BCUT2D eigenvalue weighted by Gasteiger charge is 2.31. The van der Waals surface area contributed by atoms with Gasteiger partial charge in [-0.05, 0) is 47.9 Å². The first-order chi connectivity index (χ1) is 16.5. The number of hydrogen-bond donors (Lipinski definition) is 3. The first kappa shape index (κ1) is 23.8. The fourth-order valence-electron chi connectivity index (χ4n) is 5.19. The molecule has 3 N–H and O–H groups in total. The molecule has 0 bridgehead atoms. The van der Waals surface area contributed by atoms with Crippen LogP contribution >= 0.6 is 0 Å². The minimum Gasteiger partial charge on any atom is -0.481 e. The van der Waals surface area contributed by atoms with Gasteiger partial charge in [0.25, 0.3) is 0 Å². The molecule has 4 rings (SSSR count). The lowest BCUT2D eigenvalue weighted by molar-refractivity contribution is -0.138. The van der Waals surface area contributed by atoms with Gasteiger partial charge in [0.2, 0.25) is 5.91 Å². The van der Waals surface area contributed by atoms with Crippen LogP contribution < -0.4 is 10.6 Å². The van der Waals surface area contributed by atoms with Crippen LogP contribution in [-0.2, 0) is 14.3 Å². The molecule has 2 aliphatic carbocycles. The molecule has 2 aliphatic rings. The van der Waals surface area contributed by atoms with Gasteiger partial charge in [-0.25, -0.2) is 4.79 Å². The normalized spacial score (nSPS) is 20.0. The molecule has 0 aliphatic heterocycles. The summed E-state index contributed by atoms with van der Waals surface area (Å²) in [6.45, 7) is 2.11. The Bertz CT molecular complexity index is 1010. The quantitative estimate of drug-likeness (QED) is 0.535. The van der Waals surface area contributed by atoms with Gasteiger partial charge in [0.05, 0.1) is 6.42 Å². The predicted octanol–water partition coefficient (Wildman–Crippen LogP) is 4.45. The maximum absolute atomic E-state index is 12.7. The van der Waals surface area contributed by atoms with Crippen molar-refractivity contribution in [3.8, 4) is 11.1 Å². The summed E-state index contributed by atoms with van der Waals surface area (Å²) in [7, 11) is 0. The van der Waals surface area contributed by atoms with E-state index >= 15 is 0 Å². The maximum atomic E-state index is 12.7. The number of benzene rings is 2. The van der Waals surface area contributed by atoms with E-state index in [1.807, 2.05) is 31.2 Å². The molecule has 0 radical (unpaired) electrons. The maximum Gasteiger partial charge on any atom is 0.407 e. The van der Waals surface area contributed by atoms with E-state index in [1.165, 1.54) is 11.1 Å². The molecule has 7 heteroatoms. The molecule has 0 spiro atoms. The number of hydrogen-bond acceptors (Lipinski definition) is 4. The zero-order valence-electron chi connectivity index (χ0n) is 19.5. The summed E-state index contributed by atoms with van der Waals surface area (Å²) in [4.78, 5) is 36.3.